The van der Waals surface area contributed by atoms with E-state index < -0.39 is 0 Å². The van der Waals surface area contributed by atoms with Gasteiger partial charge >= 0.3 is 0 Å². The van der Waals surface area contributed by atoms with Crippen LogP contribution in [0.5, 0.6) is 0 Å². The van der Waals surface area contributed by atoms with Crippen molar-refractivity contribution in [2.24, 2.45) is 7.05 Å². The zero-order chi connectivity index (χ0) is 14.1. The third-order valence-electron chi connectivity index (χ3n) is 2.82. The number of para-hydroxylation sites is 1. The van der Waals surface area contributed by atoms with E-state index in [9.17, 15) is 4.79 Å². The topological polar surface area (TPSA) is 65.6 Å². The number of carbonyl (C=O) groups is 1. The van der Waals surface area contributed by atoms with Crippen LogP contribution in [0.25, 0.3) is 5.69 Å². The van der Waals surface area contributed by atoms with Gasteiger partial charge in [-0.3, -0.25) is 9.48 Å². The SMILES string of the molecule is Cn1ncc(Br)c1C(=O)c1cnn(-c2ccccc2)n1. The summed E-state index contributed by atoms with van der Waals surface area (Å²) in [6.45, 7) is 0. The van der Waals surface area contributed by atoms with Crippen LogP contribution in [-0.4, -0.2) is 30.6 Å². The lowest BCUT2D eigenvalue weighted by Crippen LogP contribution is -2.10. The summed E-state index contributed by atoms with van der Waals surface area (Å²) in [6, 6.07) is 9.42. The number of hydrogen-bond donors (Lipinski definition) is 0. The van der Waals surface area contributed by atoms with Gasteiger partial charge < -0.3 is 0 Å². The Balaban J connectivity index is 1.97. The summed E-state index contributed by atoms with van der Waals surface area (Å²) in [5.74, 6) is -0.223. The molecule has 3 rings (SSSR count). The zero-order valence-electron chi connectivity index (χ0n) is 10.6. The van der Waals surface area contributed by atoms with Crippen LogP contribution in [0.3, 0.4) is 0 Å². The van der Waals surface area contributed by atoms with Gasteiger partial charge in [-0.2, -0.15) is 15.0 Å². The highest BCUT2D eigenvalue weighted by atomic mass is 79.9. The molecule has 0 aliphatic heterocycles. The van der Waals surface area contributed by atoms with E-state index in [1.807, 2.05) is 30.3 Å². The van der Waals surface area contributed by atoms with Crippen LogP contribution in [0, 0.1) is 0 Å². The summed E-state index contributed by atoms with van der Waals surface area (Å²) < 4.78 is 2.15. The van der Waals surface area contributed by atoms with Crippen molar-refractivity contribution in [3.8, 4) is 5.69 Å². The van der Waals surface area contributed by atoms with Crippen molar-refractivity contribution in [2.75, 3.05) is 0 Å². The van der Waals surface area contributed by atoms with Crippen LogP contribution in [0.4, 0.5) is 0 Å². The molecule has 0 saturated carbocycles. The van der Waals surface area contributed by atoms with Crippen molar-refractivity contribution in [3.63, 3.8) is 0 Å². The second-order valence-corrected chi connectivity index (χ2v) is 5.00. The first-order valence-corrected chi connectivity index (χ1v) is 6.66. The first-order valence-electron chi connectivity index (χ1n) is 5.87. The summed E-state index contributed by atoms with van der Waals surface area (Å²) in [5.41, 5.74) is 1.53. The van der Waals surface area contributed by atoms with Crippen LogP contribution < -0.4 is 0 Å². The Hall–Kier alpha value is -2.28. The fourth-order valence-corrected chi connectivity index (χ4v) is 2.37. The molecule has 0 saturated heterocycles. The molecule has 3 aromatic rings. The first-order chi connectivity index (χ1) is 9.66. The van der Waals surface area contributed by atoms with Gasteiger partial charge in [0.05, 0.1) is 22.6 Å². The second kappa shape index (κ2) is 5.01. The molecule has 0 atom stereocenters. The molecule has 6 nitrogen and oxygen atoms in total. The summed E-state index contributed by atoms with van der Waals surface area (Å²) >= 11 is 3.31. The number of ketones is 1. The normalized spacial score (nSPS) is 10.7. The molecule has 0 radical (unpaired) electrons. The van der Waals surface area contributed by atoms with Gasteiger partial charge in [-0.05, 0) is 28.1 Å². The largest absolute Gasteiger partial charge is 0.285 e. The molecule has 0 unspecified atom stereocenters. The van der Waals surface area contributed by atoms with Gasteiger partial charge in [-0.15, -0.1) is 5.10 Å². The van der Waals surface area contributed by atoms with Gasteiger partial charge in [0.25, 0.3) is 0 Å². The molecule has 0 aliphatic carbocycles. The van der Waals surface area contributed by atoms with Crippen molar-refractivity contribution in [1.82, 2.24) is 24.8 Å². The van der Waals surface area contributed by atoms with E-state index in [4.69, 9.17) is 0 Å². The van der Waals surface area contributed by atoms with E-state index in [-0.39, 0.29) is 11.5 Å². The first kappa shape index (κ1) is 12.7. The maximum absolute atomic E-state index is 12.4. The Bertz CT molecular complexity index is 743. The van der Waals surface area contributed by atoms with Gasteiger partial charge in [0.2, 0.25) is 5.78 Å². The molecule has 0 aliphatic rings. The summed E-state index contributed by atoms with van der Waals surface area (Å²) in [5, 5.41) is 12.4. The highest BCUT2D eigenvalue weighted by Gasteiger charge is 2.20. The quantitative estimate of drug-likeness (QED) is 0.688. The van der Waals surface area contributed by atoms with Gasteiger partial charge in [-0.1, -0.05) is 18.2 Å². The van der Waals surface area contributed by atoms with E-state index in [0.717, 1.165) is 5.69 Å². The highest BCUT2D eigenvalue weighted by Crippen LogP contribution is 2.18. The van der Waals surface area contributed by atoms with Crippen molar-refractivity contribution in [2.45, 2.75) is 0 Å². The molecule has 0 amide bonds. The number of nitrogens with zero attached hydrogens (tertiary/aromatic N) is 5. The minimum absolute atomic E-state index is 0.223. The number of aryl methyl sites for hydroxylation is 1. The third-order valence-corrected chi connectivity index (χ3v) is 3.40. The summed E-state index contributed by atoms with van der Waals surface area (Å²) in [6.07, 6.45) is 3.03. The van der Waals surface area contributed by atoms with E-state index in [1.165, 1.54) is 15.7 Å². The molecule has 1 aromatic carbocycles. The maximum atomic E-state index is 12.4. The average Bonchev–Trinajstić information content (AvgIpc) is 3.07. The number of benzene rings is 1. The lowest BCUT2D eigenvalue weighted by atomic mass is 10.2. The fourth-order valence-electron chi connectivity index (χ4n) is 1.84. The van der Waals surface area contributed by atoms with Crippen molar-refractivity contribution < 1.29 is 4.79 Å². The van der Waals surface area contributed by atoms with Crippen LogP contribution in [0.2, 0.25) is 0 Å². The van der Waals surface area contributed by atoms with Crippen molar-refractivity contribution >= 4 is 21.7 Å². The molecule has 0 spiro atoms. The van der Waals surface area contributed by atoms with Crippen molar-refractivity contribution in [1.29, 1.82) is 0 Å². The molecule has 0 fully saturated rings. The van der Waals surface area contributed by atoms with Gasteiger partial charge in [0.15, 0.2) is 5.69 Å². The maximum Gasteiger partial charge on any atom is 0.234 e. The number of aromatic nitrogens is 5. The molecule has 7 heteroatoms. The number of hydrogen-bond acceptors (Lipinski definition) is 4. The van der Waals surface area contributed by atoms with Gasteiger partial charge in [0.1, 0.15) is 5.69 Å². The fraction of sp³-hybridized carbons (Fsp3) is 0.0769. The molecular weight excluding hydrogens is 322 g/mol. The monoisotopic (exact) mass is 331 g/mol. The number of rotatable bonds is 3. The smallest absolute Gasteiger partial charge is 0.234 e. The van der Waals surface area contributed by atoms with Crippen LogP contribution >= 0.6 is 15.9 Å². The van der Waals surface area contributed by atoms with Gasteiger partial charge in [-0.25, -0.2) is 0 Å². The summed E-state index contributed by atoms with van der Waals surface area (Å²) in [7, 11) is 1.71. The Morgan fingerprint density at radius 2 is 1.90 bits per heavy atom. The van der Waals surface area contributed by atoms with E-state index in [0.29, 0.717) is 10.2 Å². The predicted octanol–water partition coefficient (Wildman–Crippen LogP) is 1.99. The predicted molar refractivity (Wildman–Crippen MR) is 75.7 cm³/mol. The number of halogens is 1. The van der Waals surface area contributed by atoms with Crippen LogP contribution in [0.15, 0.2) is 47.2 Å². The molecule has 0 N–H and O–H groups in total. The second-order valence-electron chi connectivity index (χ2n) is 4.15. The molecule has 2 heterocycles. The standard InChI is InChI=1S/C13H10BrN5O/c1-18-12(10(14)7-15-18)13(20)11-8-16-19(17-11)9-5-3-2-4-6-9/h2-8H,1H3. The summed E-state index contributed by atoms with van der Waals surface area (Å²) in [4.78, 5) is 13.8. The lowest BCUT2D eigenvalue weighted by molar-refractivity contribution is 0.102. The molecule has 20 heavy (non-hydrogen) atoms. The van der Waals surface area contributed by atoms with E-state index in [2.05, 4.69) is 31.2 Å². The molecule has 2 aromatic heterocycles. The van der Waals surface area contributed by atoms with Crippen LogP contribution in [0.1, 0.15) is 16.2 Å². The Labute approximate surface area is 123 Å². The molecular formula is C13H10BrN5O. The average molecular weight is 332 g/mol. The van der Waals surface area contributed by atoms with Crippen molar-refractivity contribution in [3.05, 3.63) is 58.6 Å². The van der Waals surface area contributed by atoms with Gasteiger partial charge in [0, 0.05) is 7.05 Å². The zero-order valence-corrected chi connectivity index (χ0v) is 12.1. The van der Waals surface area contributed by atoms with E-state index in [1.54, 1.807) is 13.2 Å². The molecule has 100 valence electrons. The van der Waals surface area contributed by atoms with E-state index >= 15 is 0 Å². The Kier molecular flexibility index (Phi) is 3.19. The molecule has 0 bridgehead atoms. The minimum atomic E-state index is -0.223. The number of carbonyl (C=O) groups excluding carboxylic acids is 1. The highest BCUT2D eigenvalue weighted by molar-refractivity contribution is 9.10. The van der Waals surface area contributed by atoms with Crippen LogP contribution in [-0.2, 0) is 7.05 Å². The third kappa shape index (κ3) is 2.16. The minimum Gasteiger partial charge on any atom is -0.285 e. The Morgan fingerprint density at radius 1 is 1.15 bits per heavy atom. The Morgan fingerprint density at radius 3 is 2.55 bits per heavy atom. The lowest BCUT2D eigenvalue weighted by Gasteiger charge is -1.99.